The minimum absolute atomic E-state index is 0.0100. The summed E-state index contributed by atoms with van der Waals surface area (Å²) >= 11 is 0. The molecule has 5 aromatic rings. The summed E-state index contributed by atoms with van der Waals surface area (Å²) < 4.78 is 17.2. The highest BCUT2D eigenvalue weighted by Crippen LogP contribution is 2.39. The maximum absolute atomic E-state index is 13.9. The molecule has 0 bridgehead atoms. The molecule has 2 fully saturated rings. The average molecular weight is 685 g/mol. The second kappa shape index (κ2) is 15.3. The van der Waals surface area contributed by atoms with Crippen molar-refractivity contribution in [1.82, 2.24) is 10.0 Å². The smallest absolute Gasteiger partial charge is 0.339 e. The van der Waals surface area contributed by atoms with E-state index in [0.717, 1.165) is 54.3 Å². The fourth-order valence-electron chi connectivity index (χ4n) is 6.51. The van der Waals surface area contributed by atoms with Crippen LogP contribution in [0.5, 0.6) is 5.75 Å². The zero-order chi connectivity index (χ0) is 35.2. The van der Waals surface area contributed by atoms with E-state index in [4.69, 9.17) is 19.0 Å². The van der Waals surface area contributed by atoms with Crippen molar-refractivity contribution in [2.45, 2.75) is 57.0 Å². The van der Waals surface area contributed by atoms with Crippen LogP contribution in [0.25, 0.3) is 10.9 Å². The van der Waals surface area contributed by atoms with E-state index in [1.165, 1.54) is 24.3 Å². The lowest BCUT2D eigenvalue weighted by Gasteiger charge is -2.32. The van der Waals surface area contributed by atoms with Crippen molar-refractivity contribution in [3.63, 3.8) is 0 Å². The lowest BCUT2D eigenvalue weighted by Crippen LogP contribution is -2.37. The van der Waals surface area contributed by atoms with E-state index >= 15 is 0 Å². The minimum Gasteiger partial charge on any atom is -0.487 e. The van der Waals surface area contributed by atoms with Gasteiger partial charge >= 0.3 is 11.9 Å². The zero-order valence-electron chi connectivity index (χ0n) is 27.8. The number of carbonyl (C=O) groups is 4. The number of nitrogens with zero attached hydrogens (tertiary/aromatic N) is 2. The third-order valence-electron chi connectivity index (χ3n) is 9.20. The van der Waals surface area contributed by atoms with Crippen molar-refractivity contribution < 1.29 is 38.2 Å². The molecule has 4 aromatic carbocycles. The number of pyridine rings is 1. The van der Waals surface area contributed by atoms with Crippen molar-refractivity contribution in [2.75, 3.05) is 0 Å². The number of rotatable bonds is 11. The van der Waals surface area contributed by atoms with Crippen LogP contribution in [0, 0.1) is 5.92 Å². The van der Waals surface area contributed by atoms with Crippen LogP contribution in [0.15, 0.2) is 121 Å². The number of imide groups is 1. The third kappa shape index (κ3) is 7.66. The predicted molar refractivity (Wildman–Crippen MR) is 186 cm³/mol. The number of hydroxylamine groups is 2. The molecule has 10 heteroatoms. The molecule has 2 heterocycles. The summed E-state index contributed by atoms with van der Waals surface area (Å²) in [6.07, 6.45) is 0.492. The Morgan fingerprint density at radius 2 is 1.24 bits per heavy atom. The van der Waals surface area contributed by atoms with Crippen LogP contribution in [-0.2, 0) is 30.5 Å². The number of amides is 2. The molecule has 1 saturated heterocycles. The number of benzene rings is 4. The highest BCUT2D eigenvalue weighted by molar-refractivity contribution is 6.09. The van der Waals surface area contributed by atoms with Gasteiger partial charge in [0.1, 0.15) is 18.5 Å². The molecule has 1 aliphatic heterocycles. The number of hydrogen-bond donors (Lipinski definition) is 0. The number of carbonyl (C=O) groups excluding carboxylic acids is 4. The van der Waals surface area contributed by atoms with Gasteiger partial charge in [-0.2, -0.15) is 0 Å². The van der Waals surface area contributed by atoms with Gasteiger partial charge in [0.25, 0.3) is 11.8 Å². The molecular weight excluding hydrogens is 648 g/mol. The van der Waals surface area contributed by atoms with Crippen molar-refractivity contribution in [2.24, 2.45) is 5.92 Å². The van der Waals surface area contributed by atoms with Crippen LogP contribution >= 0.6 is 0 Å². The Morgan fingerprint density at radius 1 is 0.667 bits per heavy atom. The van der Waals surface area contributed by atoms with E-state index in [2.05, 4.69) is 4.98 Å². The Labute approximate surface area is 294 Å². The van der Waals surface area contributed by atoms with Gasteiger partial charge in [0.05, 0.1) is 22.3 Å². The topological polar surface area (TPSA) is 121 Å². The molecule has 258 valence electrons. The van der Waals surface area contributed by atoms with Gasteiger partial charge in [-0.1, -0.05) is 92.1 Å². The standard InChI is InChI=1S/C41H36N2O8/c44-38-36(49-40(46)30-15-6-2-7-16-30)37(50-41(47)31-17-8-3-9-18-31)39(45)43(38)51-35(28-13-4-1-5-14-28)29-21-24-33(25-22-29)48-26-32-23-20-27-12-10-11-19-34(27)42-32/h2-3,6-12,15-25,28,35-37H,1,4-5,13-14,26H2/t35-,36?,37?/m0/s1. The number of fused-ring (bicyclic) bond motifs is 1. The number of esters is 2. The summed E-state index contributed by atoms with van der Waals surface area (Å²) in [5.74, 6) is -2.95. The summed E-state index contributed by atoms with van der Waals surface area (Å²) in [6, 6.07) is 35.3. The Balaban J connectivity index is 1.11. The van der Waals surface area contributed by atoms with Crippen LogP contribution in [0.2, 0.25) is 0 Å². The van der Waals surface area contributed by atoms with Gasteiger partial charge in [0.2, 0.25) is 12.2 Å². The van der Waals surface area contributed by atoms with Gasteiger partial charge < -0.3 is 14.2 Å². The number of aromatic nitrogens is 1. The lowest BCUT2D eigenvalue weighted by molar-refractivity contribution is -0.215. The highest BCUT2D eigenvalue weighted by atomic mass is 16.7. The van der Waals surface area contributed by atoms with E-state index in [0.29, 0.717) is 10.8 Å². The van der Waals surface area contributed by atoms with E-state index < -0.39 is 42.1 Å². The Bertz CT molecular complexity index is 1940. The highest BCUT2D eigenvalue weighted by Gasteiger charge is 2.55. The predicted octanol–water partition coefficient (Wildman–Crippen LogP) is 7.19. The molecule has 3 atom stereocenters. The number of ether oxygens (including phenoxy) is 3. The van der Waals surface area contributed by atoms with E-state index in [1.807, 2.05) is 60.7 Å². The van der Waals surface area contributed by atoms with Gasteiger partial charge in [0, 0.05) is 5.39 Å². The second-order valence-electron chi connectivity index (χ2n) is 12.6. The lowest BCUT2D eigenvalue weighted by atomic mass is 9.82. The Morgan fingerprint density at radius 3 is 1.84 bits per heavy atom. The molecule has 2 unspecified atom stereocenters. The maximum atomic E-state index is 13.9. The molecule has 1 saturated carbocycles. The second-order valence-corrected chi connectivity index (χ2v) is 12.6. The monoisotopic (exact) mass is 684 g/mol. The summed E-state index contributed by atoms with van der Waals surface area (Å²) in [6.45, 7) is 0.274. The van der Waals surface area contributed by atoms with E-state index in [9.17, 15) is 19.2 Å². The quantitative estimate of drug-likeness (QED) is 0.105. The van der Waals surface area contributed by atoms with Gasteiger partial charge in [-0.3, -0.25) is 14.4 Å². The first-order valence-electron chi connectivity index (χ1n) is 17.1. The van der Waals surface area contributed by atoms with Gasteiger partial charge in [-0.25, -0.2) is 14.6 Å². The van der Waals surface area contributed by atoms with Gasteiger partial charge in [-0.05, 0) is 72.9 Å². The first kappa shape index (κ1) is 33.6. The number of para-hydroxylation sites is 1. The van der Waals surface area contributed by atoms with Crippen LogP contribution in [0.4, 0.5) is 0 Å². The van der Waals surface area contributed by atoms with Crippen molar-refractivity contribution in [3.05, 3.63) is 144 Å². The molecule has 2 amide bonds. The molecule has 2 aliphatic rings. The van der Waals surface area contributed by atoms with E-state index in [1.54, 1.807) is 36.4 Å². The normalized spacial score (nSPS) is 18.4. The molecule has 0 spiro atoms. The average Bonchev–Trinajstić information content (AvgIpc) is 3.40. The molecule has 0 radical (unpaired) electrons. The third-order valence-corrected chi connectivity index (χ3v) is 9.20. The summed E-state index contributed by atoms with van der Waals surface area (Å²) in [5.41, 5.74) is 2.76. The van der Waals surface area contributed by atoms with Gasteiger partial charge in [-0.15, -0.1) is 5.06 Å². The molecular formula is C41H36N2O8. The van der Waals surface area contributed by atoms with Gasteiger partial charge in [0.15, 0.2) is 0 Å². The van der Waals surface area contributed by atoms with Crippen molar-refractivity contribution >= 4 is 34.7 Å². The molecule has 7 rings (SSSR count). The molecule has 10 nitrogen and oxygen atoms in total. The van der Waals surface area contributed by atoms with Crippen molar-refractivity contribution in [1.29, 1.82) is 0 Å². The summed E-state index contributed by atoms with van der Waals surface area (Å²) in [7, 11) is 0. The summed E-state index contributed by atoms with van der Waals surface area (Å²) in [5, 5.41) is 1.66. The largest absolute Gasteiger partial charge is 0.487 e. The Hall–Kier alpha value is -5.87. The van der Waals surface area contributed by atoms with Crippen LogP contribution in [0.1, 0.15) is 70.2 Å². The molecule has 51 heavy (non-hydrogen) atoms. The van der Waals surface area contributed by atoms with E-state index in [-0.39, 0.29) is 23.7 Å². The molecule has 1 aliphatic carbocycles. The maximum Gasteiger partial charge on any atom is 0.339 e. The molecule has 1 aromatic heterocycles. The zero-order valence-corrected chi connectivity index (χ0v) is 27.8. The first-order valence-corrected chi connectivity index (χ1v) is 17.1. The van der Waals surface area contributed by atoms with Crippen molar-refractivity contribution in [3.8, 4) is 5.75 Å². The Kier molecular flexibility index (Phi) is 10.1. The van der Waals surface area contributed by atoms with Crippen LogP contribution in [0.3, 0.4) is 0 Å². The molecule has 0 N–H and O–H groups in total. The SMILES string of the molecule is O=C(OC1C(=O)N(O[C@H](c2ccc(OCc3ccc4ccccc4n3)cc2)C2CCCCC2)C(=O)C1OC(=O)c1ccccc1)c1ccccc1. The fraction of sp³-hybridized carbons (Fsp3) is 0.244. The first-order chi connectivity index (χ1) is 24.9. The van der Waals surface area contributed by atoms with Crippen LogP contribution in [-0.4, -0.2) is 46.0 Å². The fourth-order valence-corrected chi connectivity index (χ4v) is 6.51. The summed E-state index contributed by atoms with van der Waals surface area (Å²) in [4.78, 5) is 65.0. The number of hydrogen-bond acceptors (Lipinski definition) is 9. The minimum atomic E-state index is -1.75. The van der Waals surface area contributed by atoms with Crippen LogP contribution < -0.4 is 4.74 Å².